The van der Waals surface area contributed by atoms with Gasteiger partial charge in [-0.05, 0) is 55.1 Å². The molecule has 0 bridgehead atoms. The topological polar surface area (TPSA) is 44.4 Å². The average molecular weight is 398 g/mol. The maximum atomic E-state index is 12.2. The van der Waals surface area contributed by atoms with E-state index >= 15 is 0 Å². The highest BCUT2D eigenvalue weighted by atomic mass is 35.5. The van der Waals surface area contributed by atoms with Gasteiger partial charge in [0.2, 0.25) is 0 Å². The standard InChI is InChI=1S/C18H21Cl2N3OS/c19-14-6-5-13(15(20)10-14)11-21-18(24)22-12-16(17-4-3-9-25-17)23-7-1-2-8-23/h3-6,9-10,16H,1-2,7-8,11-12H2,(H2,21,22,24). The van der Waals surface area contributed by atoms with Gasteiger partial charge >= 0.3 is 6.03 Å². The van der Waals surface area contributed by atoms with E-state index in [9.17, 15) is 4.79 Å². The van der Waals surface area contributed by atoms with Gasteiger partial charge in [-0.15, -0.1) is 11.3 Å². The summed E-state index contributed by atoms with van der Waals surface area (Å²) in [5.74, 6) is 0. The normalized spacial score (nSPS) is 15.9. The largest absolute Gasteiger partial charge is 0.336 e. The second-order valence-corrected chi connectivity index (χ2v) is 7.90. The van der Waals surface area contributed by atoms with Gasteiger partial charge in [0.25, 0.3) is 0 Å². The summed E-state index contributed by atoms with van der Waals surface area (Å²) in [6.45, 7) is 3.15. The highest BCUT2D eigenvalue weighted by molar-refractivity contribution is 7.10. The zero-order valence-corrected chi connectivity index (χ0v) is 16.1. The molecule has 2 N–H and O–H groups in total. The van der Waals surface area contributed by atoms with Crippen LogP contribution < -0.4 is 10.6 Å². The molecule has 4 nitrogen and oxygen atoms in total. The molecule has 1 aromatic heterocycles. The molecule has 2 aromatic rings. The summed E-state index contributed by atoms with van der Waals surface area (Å²) in [4.78, 5) is 15.9. The molecule has 1 saturated heterocycles. The van der Waals surface area contributed by atoms with Crippen LogP contribution >= 0.6 is 34.5 Å². The summed E-state index contributed by atoms with van der Waals surface area (Å²) in [6, 6.07) is 9.52. The van der Waals surface area contributed by atoms with Crippen molar-refractivity contribution in [2.24, 2.45) is 0 Å². The van der Waals surface area contributed by atoms with Gasteiger partial charge in [0, 0.05) is 28.0 Å². The summed E-state index contributed by atoms with van der Waals surface area (Å²) in [7, 11) is 0. The lowest BCUT2D eigenvalue weighted by atomic mass is 10.2. The molecule has 25 heavy (non-hydrogen) atoms. The first kappa shape index (κ1) is 18.5. The number of urea groups is 1. The van der Waals surface area contributed by atoms with Crippen molar-refractivity contribution < 1.29 is 4.79 Å². The van der Waals surface area contributed by atoms with E-state index in [1.54, 1.807) is 23.5 Å². The molecule has 134 valence electrons. The van der Waals surface area contributed by atoms with Crippen LogP contribution in [-0.4, -0.2) is 30.6 Å². The SMILES string of the molecule is O=C(NCc1ccc(Cl)cc1Cl)NCC(c1cccs1)N1CCCC1. The molecule has 0 saturated carbocycles. The van der Waals surface area contributed by atoms with E-state index in [0.29, 0.717) is 23.1 Å². The van der Waals surface area contributed by atoms with Crippen LogP contribution in [0.5, 0.6) is 0 Å². The Morgan fingerprint density at radius 3 is 2.68 bits per heavy atom. The third-order valence-electron chi connectivity index (χ3n) is 4.36. The van der Waals surface area contributed by atoms with Gasteiger partial charge in [-0.2, -0.15) is 0 Å². The van der Waals surface area contributed by atoms with Crippen LogP contribution in [0.1, 0.15) is 29.3 Å². The van der Waals surface area contributed by atoms with Crippen LogP contribution in [0.25, 0.3) is 0 Å². The number of hydrogen-bond acceptors (Lipinski definition) is 3. The van der Waals surface area contributed by atoms with E-state index in [2.05, 4.69) is 33.0 Å². The lowest BCUT2D eigenvalue weighted by Crippen LogP contribution is -2.41. The molecule has 1 aliphatic heterocycles. The van der Waals surface area contributed by atoms with E-state index < -0.39 is 0 Å². The molecule has 0 spiro atoms. The smallest absolute Gasteiger partial charge is 0.315 e. The number of halogens is 2. The Labute approximate surface area is 162 Å². The molecule has 2 heterocycles. The van der Waals surface area contributed by atoms with E-state index in [4.69, 9.17) is 23.2 Å². The number of nitrogens with zero attached hydrogens (tertiary/aromatic N) is 1. The van der Waals surface area contributed by atoms with Crippen molar-refractivity contribution in [1.29, 1.82) is 0 Å². The fourth-order valence-corrected chi connectivity index (χ4v) is 4.37. The van der Waals surface area contributed by atoms with Gasteiger partial charge in [0.1, 0.15) is 0 Å². The third-order valence-corrected chi connectivity index (χ3v) is 5.92. The molecule has 0 aliphatic carbocycles. The molecular weight excluding hydrogens is 377 g/mol. The van der Waals surface area contributed by atoms with Crippen LogP contribution in [0.3, 0.4) is 0 Å². The van der Waals surface area contributed by atoms with Crippen LogP contribution in [0.4, 0.5) is 4.79 Å². The van der Waals surface area contributed by atoms with Crippen LogP contribution in [0.2, 0.25) is 10.0 Å². The van der Waals surface area contributed by atoms with Crippen LogP contribution in [0, 0.1) is 0 Å². The molecule has 1 aliphatic rings. The van der Waals surface area contributed by atoms with Crippen molar-refractivity contribution in [2.45, 2.75) is 25.4 Å². The molecule has 1 unspecified atom stereocenters. The van der Waals surface area contributed by atoms with Gasteiger partial charge in [0.05, 0.1) is 6.04 Å². The number of thiophene rings is 1. The highest BCUT2D eigenvalue weighted by Gasteiger charge is 2.24. The first-order valence-corrected chi connectivity index (χ1v) is 10.00. The van der Waals surface area contributed by atoms with E-state index in [1.165, 1.54) is 17.7 Å². The minimum absolute atomic E-state index is 0.188. The van der Waals surface area contributed by atoms with Crippen molar-refractivity contribution >= 4 is 40.6 Å². The molecule has 3 rings (SSSR count). The molecular formula is C18H21Cl2N3OS. The van der Waals surface area contributed by atoms with Gasteiger partial charge < -0.3 is 10.6 Å². The Bertz CT molecular complexity index is 702. The summed E-state index contributed by atoms with van der Waals surface area (Å²) in [6.07, 6.45) is 2.45. The number of carbonyl (C=O) groups excluding carboxylic acids is 1. The van der Waals surface area contributed by atoms with Crippen molar-refractivity contribution in [3.05, 3.63) is 56.2 Å². The van der Waals surface area contributed by atoms with Crippen molar-refractivity contribution in [2.75, 3.05) is 19.6 Å². The minimum Gasteiger partial charge on any atom is -0.336 e. The lowest BCUT2D eigenvalue weighted by Gasteiger charge is -2.27. The summed E-state index contributed by atoms with van der Waals surface area (Å²) < 4.78 is 0. The van der Waals surface area contributed by atoms with Crippen molar-refractivity contribution in [1.82, 2.24) is 15.5 Å². The van der Waals surface area contributed by atoms with Gasteiger partial charge in [-0.25, -0.2) is 4.79 Å². The number of rotatable bonds is 6. The van der Waals surface area contributed by atoms with Gasteiger partial charge in [0.15, 0.2) is 0 Å². The Morgan fingerprint density at radius 1 is 1.20 bits per heavy atom. The first-order valence-electron chi connectivity index (χ1n) is 8.36. The zero-order chi connectivity index (χ0) is 17.6. The van der Waals surface area contributed by atoms with Gasteiger partial charge in [-0.1, -0.05) is 35.3 Å². The Hall–Kier alpha value is -1.27. The fourth-order valence-electron chi connectivity index (χ4n) is 3.04. The maximum Gasteiger partial charge on any atom is 0.315 e. The number of hydrogen-bond donors (Lipinski definition) is 2. The zero-order valence-electron chi connectivity index (χ0n) is 13.8. The molecule has 1 aromatic carbocycles. The van der Waals surface area contributed by atoms with Gasteiger partial charge in [-0.3, -0.25) is 4.90 Å². The molecule has 1 fully saturated rings. The molecule has 0 radical (unpaired) electrons. The number of likely N-dealkylation sites (tertiary alicyclic amines) is 1. The Balaban J connectivity index is 1.53. The summed E-state index contributed by atoms with van der Waals surface area (Å²) >= 11 is 13.8. The summed E-state index contributed by atoms with van der Waals surface area (Å²) in [5.41, 5.74) is 0.843. The van der Waals surface area contributed by atoms with Crippen LogP contribution in [0.15, 0.2) is 35.7 Å². The summed E-state index contributed by atoms with van der Waals surface area (Å²) in [5, 5.41) is 9.08. The molecule has 1 atom stereocenters. The quantitative estimate of drug-likeness (QED) is 0.742. The first-order chi connectivity index (χ1) is 12.1. The average Bonchev–Trinajstić information content (AvgIpc) is 3.28. The second-order valence-electron chi connectivity index (χ2n) is 6.07. The third kappa shape index (κ3) is 5.11. The van der Waals surface area contributed by atoms with Crippen LogP contribution in [-0.2, 0) is 6.54 Å². The molecule has 2 amide bonds. The fraction of sp³-hybridized carbons (Fsp3) is 0.389. The monoisotopic (exact) mass is 397 g/mol. The Kier molecular flexibility index (Phi) is 6.59. The van der Waals surface area contributed by atoms with Crippen molar-refractivity contribution in [3.8, 4) is 0 Å². The molecule has 7 heteroatoms. The number of amides is 2. The van der Waals surface area contributed by atoms with Crippen molar-refractivity contribution in [3.63, 3.8) is 0 Å². The number of nitrogens with one attached hydrogen (secondary N) is 2. The number of benzene rings is 1. The number of carbonyl (C=O) groups is 1. The predicted molar refractivity (Wildman–Crippen MR) is 105 cm³/mol. The second kappa shape index (κ2) is 8.90. The Morgan fingerprint density at radius 2 is 2.00 bits per heavy atom. The lowest BCUT2D eigenvalue weighted by molar-refractivity contribution is 0.222. The van der Waals surface area contributed by atoms with E-state index in [1.807, 2.05) is 6.07 Å². The van der Waals surface area contributed by atoms with E-state index in [0.717, 1.165) is 18.7 Å². The predicted octanol–water partition coefficient (Wildman–Crippen LogP) is 4.69. The van der Waals surface area contributed by atoms with E-state index in [-0.39, 0.29) is 12.1 Å². The maximum absolute atomic E-state index is 12.2. The highest BCUT2D eigenvalue weighted by Crippen LogP contribution is 2.27. The minimum atomic E-state index is -0.188.